The van der Waals surface area contributed by atoms with Gasteiger partial charge in [0.05, 0.1) is 12.7 Å². The normalized spacial score (nSPS) is 19.8. The number of hydrogen-bond acceptors (Lipinski definition) is 6. The third kappa shape index (κ3) is 6.57. The molecule has 2 fully saturated rings. The molecule has 2 heterocycles. The molecule has 8 heteroatoms. The molecule has 0 bridgehead atoms. The second-order valence-corrected chi connectivity index (χ2v) is 9.62. The summed E-state index contributed by atoms with van der Waals surface area (Å²) in [5.41, 5.74) is 0.327. The number of nitrogens with zero attached hydrogens (tertiary/aromatic N) is 2. The first-order valence-corrected chi connectivity index (χ1v) is 12.5. The van der Waals surface area contributed by atoms with E-state index in [1.165, 1.54) is 31.4 Å². The van der Waals surface area contributed by atoms with E-state index in [1.807, 2.05) is 4.90 Å². The fraction of sp³-hybridized carbons (Fsp3) is 0.696. The first-order chi connectivity index (χ1) is 15.0. The lowest BCUT2D eigenvalue weighted by Gasteiger charge is -2.33. The molecule has 3 rings (SSSR count). The van der Waals surface area contributed by atoms with Gasteiger partial charge in [0, 0.05) is 25.6 Å². The van der Waals surface area contributed by atoms with Crippen LogP contribution in [-0.4, -0.2) is 48.9 Å². The summed E-state index contributed by atoms with van der Waals surface area (Å²) in [6.45, 7) is 3.32. The van der Waals surface area contributed by atoms with Gasteiger partial charge in [0.1, 0.15) is 5.03 Å². The highest BCUT2D eigenvalue weighted by Crippen LogP contribution is 2.31. The van der Waals surface area contributed by atoms with Gasteiger partial charge in [-0.1, -0.05) is 26.2 Å². The highest BCUT2D eigenvalue weighted by Gasteiger charge is 2.28. The number of amides is 1. The molecular weight excluding hydrogens is 417 g/mol. The zero-order valence-electron chi connectivity index (χ0n) is 18.6. The van der Waals surface area contributed by atoms with Crippen molar-refractivity contribution < 1.29 is 18.7 Å². The lowest BCUT2D eigenvalue weighted by Crippen LogP contribution is -2.38. The van der Waals surface area contributed by atoms with Crippen molar-refractivity contribution in [3.05, 3.63) is 17.4 Å². The Labute approximate surface area is 188 Å². The van der Waals surface area contributed by atoms with E-state index in [1.54, 1.807) is 0 Å². The van der Waals surface area contributed by atoms with Crippen molar-refractivity contribution in [2.24, 2.45) is 5.92 Å². The van der Waals surface area contributed by atoms with Crippen molar-refractivity contribution in [1.29, 1.82) is 0 Å². The van der Waals surface area contributed by atoms with Gasteiger partial charge in [-0.25, -0.2) is 9.37 Å². The molecule has 31 heavy (non-hydrogen) atoms. The predicted octanol–water partition coefficient (Wildman–Crippen LogP) is 4.56. The van der Waals surface area contributed by atoms with E-state index in [2.05, 4.69) is 17.2 Å². The number of hydrogen-bond donors (Lipinski definition) is 1. The summed E-state index contributed by atoms with van der Waals surface area (Å²) in [7, 11) is 1.39. The number of carbonyl (C=O) groups excluding carboxylic acids is 2. The molecule has 0 unspecified atom stereocenters. The fourth-order valence-electron chi connectivity index (χ4n) is 4.41. The quantitative estimate of drug-likeness (QED) is 0.461. The van der Waals surface area contributed by atoms with Crippen molar-refractivity contribution in [3.63, 3.8) is 0 Å². The molecule has 1 amide bonds. The number of ether oxygens (including phenoxy) is 1. The second kappa shape index (κ2) is 11.7. The average Bonchev–Trinajstić information content (AvgIpc) is 2.78. The van der Waals surface area contributed by atoms with Crippen molar-refractivity contribution in [2.75, 3.05) is 30.9 Å². The molecule has 1 aliphatic carbocycles. The van der Waals surface area contributed by atoms with E-state index in [0.29, 0.717) is 30.1 Å². The number of methoxy groups -OCH3 is 1. The number of rotatable bonds is 8. The minimum atomic E-state index is -0.478. The Hall–Kier alpha value is -1.83. The number of halogens is 1. The Morgan fingerprint density at radius 2 is 2.03 bits per heavy atom. The zero-order chi connectivity index (χ0) is 22.2. The van der Waals surface area contributed by atoms with Gasteiger partial charge in [-0.05, 0) is 49.8 Å². The first kappa shape index (κ1) is 23.8. The van der Waals surface area contributed by atoms with E-state index in [0.717, 1.165) is 50.7 Å². The van der Waals surface area contributed by atoms with Gasteiger partial charge >= 0.3 is 5.97 Å². The molecule has 172 valence electrons. The van der Waals surface area contributed by atoms with Crippen molar-refractivity contribution in [2.45, 2.75) is 75.8 Å². The summed E-state index contributed by atoms with van der Waals surface area (Å²) in [5.74, 6) is 0.256. The molecule has 0 radical (unpaired) electrons. The molecule has 2 aliphatic rings. The standard InChI is InChI=1S/C23H34FN3O3S/c1-3-12-31-23-18(22(29)25-17-9-5-4-6-10-17)14-19(24)21(26-23)27-11-7-8-16(15-27)13-20(28)30-2/h14,16-17H,3-13,15H2,1-2H3,(H,25,29)/t16-/m0/s1. The molecule has 1 saturated heterocycles. The molecule has 6 nitrogen and oxygen atoms in total. The summed E-state index contributed by atoms with van der Waals surface area (Å²) in [6, 6.07) is 1.51. The van der Waals surface area contributed by atoms with E-state index in [-0.39, 0.29) is 29.7 Å². The third-order valence-electron chi connectivity index (χ3n) is 6.05. The monoisotopic (exact) mass is 451 g/mol. The number of esters is 1. The van der Waals surface area contributed by atoms with Crippen LogP contribution >= 0.6 is 11.8 Å². The van der Waals surface area contributed by atoms with Gasteiger partial charge < -0.3 is 15.0 Å². The van der Waals surface area contributed by atoms with Crippen LogP contribution in [0.15, 0.2) is 11.1 Å². The van der Waals surface area contributed by atoms with Gasteiger partial charge in [0.2, 0.25) is 0 Å². The number of aromatic nitrogens is 1. The molecular formula is C23H34FN3O3S. The van der Waals surface area contributed by atoms with Crippen molar-refractivity contribution >= 4 is 29.5 Å². The highest BCUT2D eigenvalue weighted by molar-refractivity contribution is 7.99. The maximum atomic E-state index is 15.1. The summed E-state index contributed by atoms with van der Waals surface area (Å²) in [6.07, 6.45) is 8.45. The molecule has 1 aromatic heterocycles. The van der Waals surface area contributed by atoms with Crippen LogP contribution in [-0.2, 0) is 9.53 Å². The van der Waals surface area contributed by atoms with E-state index in [9.17, 15) is 9.59 Å². The van der Waals surface area contributed by atoms with Crippen molar-refractivity contribution in [3.8, 4) is 0 Å². The third-order valence-corrected chi connectivity index (χ3v) is 7.25. The van der Waals surface area contributed by atoms with Crippen LogP contribution in [0, 0.1) is 11.7 Å². The minimum Gasteiger partial charge on any atom is -0.469 e. The molecule has 1 aliphatic heterocycles. The van der Waals surface area contributed by atoms with Crippen LogP contribution in [0.1, 0.15) is 75.1 Å². The molecule has 0 aromatic carbocycles. The SMILES string of the molecule is CCCSc1nc(N2CCC[C@@H](CC(=O)OC)C2)c(F)cc1C(=O)NC1CCCCC1. The molecule has 1 saturated carbocycles. The first-order valence-electron chi connectivity index (χ1n) is 11.5. The number of carbonyl (C=O) groups is 2. The lowest BCUT2D eigenvalue weighted by molar-refractivity contribution is -0.141. The van der Waals surface area contributed by atoms with Gasteiger partial charge in [0.25, 0.3) is 5.91 Å². The van der Waals surface area contributed by atoms with Crippen LogP contribution in [0.4, 0.5) is 10.2 Å². The van der Waals surface area contributed by atoms with Crippen LogP contribution < -0.4 is 10.2 Å². The summed E-state index contributed by atoms with van der Waals surface area (Å²) in [5, 5.41) is 3.67. The Balaban J connectivity index is 1.79. The largest absolute Gasteiger partial charge is 0.469 e. The maximum absolute atomic E-state index is 15.1. The molecule has 0 spiro atoms. The molecule has 1 atom stereocenters. The zero-order valence-corrected chi connectivity index (χ0v) is 19.4. The average molecular weight is 452 g/mol. The Kier molecular flexibility index (Phi) is 8.99. The summed E-state index contributed by atoms with van der Waals surface area (Å²) >= 11 is 1.50. The van der Waals surface area contributed by atoms with Crippen LogP contribution in [0.2, 0.25) is 0 Å². The summed E-state index contributed by atoms with van der Waals surface area (Å²) < 4.78 is 19.9. The number of anilines is 1. The smallest absolute Gasteiger partial charge is 0.305 e. The van der Waals surface area contributed by atoms with E-state index >= 15 is 4.39 Å². The Morgan fingerprint density at radius 3 is 2.74 bits per heavy atom. The predicted molar refractivity (Wildman–Crippen MR) is 121 cm³/mol. The highest BCUT2D eigenvalue weighted by atomic mass is 32.2. The number of nitrogens with one attached hydrogen (secondary N) is 1. The van der Waals surface area contributed by atoms with Gasteiger partial charge in [-0.2, -0.15) is 0 Å². The summed E-state index contributed by atoms with van der Waals surface area (Å²) in [4.78, 5) is 31.1. The van der Waals surface area contributed by atoms with Crippen LogP contribution in [0.5, 0.6) is 0 Å². The van der Waals surface area contributed by atoms with Gasteiger partial charge in [-0.15, -0.1) is 11.8 Å². The number of piperidine rings is 1. The van der Waals surface area contributed by atoms with Crippen LogP contribution in [0.3, 0.4) is 0 Å². The molecule has 1 aromatic rings. The second-order valence-electron chi connectivity index (χ2n) is 8.54. The topological polar surface area (TPSA) is 71.5 Å². The number of thioether (sulfide) groups is 1. The lowest BCUT2D eigenvalue weighted by atomic mass is 9.94. The number of pyridine rings is 1. The van der Waals surface area contributed by atoms with Crippen molar-refractivity contribution in [1.82, 2.24) is 10.3 Å². The Bertz CT molecular complexity index is 771. The fourth-order valence-corrected chi connectivity index (χ4v) is 5.26. The Morgan fingerprint density at radius 1 is 1.26 bits per heavy atom. The van der Waals surface area contributed by atoms with Gasteiger partial charge in [-0.3, -0.25) is 9.59 Å². The molecule has 1 N–H and O–H groups in total. The maximum Gasteiger partial charge on any atom is 0.305 e. The van der Waals surface area contributed by atoms with E-state index in [4.69, 9.17) is 4.74 Å². The van der Waals surface area contributed by atoms with E-state index < -0.39 is 5.82 Å². The van der Waals surface area contributed by atoms with Gasteiger partial charge in [0.15, 0.2) is 11.6 Å². The van der Waals surface area contributed by atoms with Crippen LogP contribution in [0.25, 0.3) is 0 Å². The minimum absolute atomic E-state index is 0.114.